The first-order chi connectivity index (χ1) is 5.96. The van der Waals surface area contributed by atoms with Gasteiger partial charge in [-0.05, 0) is 22.0 Å². The molecule has 68 valence electrons. The summed E-state index contributed by atoms with van der Waals surface area (Å²) in [5.41, 5.74) is 0.0722. The van der Waals surface area contributed by atoms with E-state index in [2.05, 4.69) is 20.9 Å². The summed E-state index contributed by atoms with van der Waals surface area (Å²) in [6.45, 7) is 0. The molecule has 1 aromatic rings. The molecule has 1 rings (SSSR count). The first kappa shape index (κ1) is 10.2. The Morgan fingerprint density at radius 2 is 2.23 bits per heavy atom. The number of sulfone groups is 1. The van der Waals surface area contributed by atoms with Crippen molar-refractivity contribution in [1.82, 2.24) is 4.98 Å². The van der Waals surface area contributed by atoms with Gasteiger partial charge in [-0.25, -0.2) is 13.4 Å². The molecule has 0 bridgehead atoms. The number of hydrogen-bond donors (Lipinski definition) is 0. The molecule has 1 aromatic heterocycles. The van der Waals surface area contributed by atoms with Crippen LogP contribution in [0.4, 0.5) is 0 Å². The highest BCUT2D eigenvalue weighted by atomic mass is 79.9. The molecule has 6 heteroatoms. The van der Waals surface area contributed by atoms with Gasteiger partial charge in [0.1, 0.15) is 6.07 Å². The molecular formula is C7H5BrN2O2S. The zero-order valence-corrected chi connectivity index (χ0v) is 9.05. The van der Waals surface area contributed by atoms with Gasteiger partial charge < -0.3 is 0 Å². The number of pyridine rings is 1. The second-order valence-corrected chi connectivity index (χ2v) is 5.13. The minimum Gasteiger partial charge on any atom is -0.244 e. The molecule has 4 nitrogen and oxygen atoms in total. The minimum absolute atomic E-state index is 0.0722. The van der Waals surface area contributed by atoms with E-state index in [4.69, 9.17) is 5.26 Å². The molecule has 0 aliphatic rings. The number of rotatable bonds is 1. The van der Waals surface area contributed by atoms with Crippen molar-refractivity contribution in [1.29, 1.82) is 5.26 Å². The van der Waals surface area contributed by atoms with E-state index in [1.807, 2.05) is 0 Å². The van der Waals surface area contributed by atoms with Gasteiger partial charge in [0.25, 0.3) is 0 Å². The van der Waals surface area contributed by atoms with E-state index in [-0.39, 0.29) is 15.1 Å². The number of nitriles is 1. The molecule has 0 radical (unpaired) electrons. The molecule has 0 spiro atoms. The second kappa shape index (κ2) is 3.44. The van der Waals surface area contributed by atoms with Crippen LogP contribution in [0.5, 0.6) is 0 Å². The summed E-state index contributed by atoms with van der Waals surface area (Å²) in [5, 5.41) is 8.57. The summed E-state index contributed by atoms with van der Waals surface area (Å²) in [6.07, 6.45) is 2.37. The molecule has 0 fully saturated rings. The quantitative estimate of drug-likeness (QED) is 0.759. The predicted octanol–water partition coefficient (Wildman–Crippen LogP) is 1.12. The average Bonchev–Trinajstić information content (AvgIpc) is 2.02. The van der Waals surface area contributed by atoms with Gasteiger partial charge in [0.05, 0.1) is 9.37 Å². The number of halogens is 1. The summed E-state index contributed by atoms with van der Waals surface area (Å²) in [4.78, 5) is 3.78. The van der Waals surface area contributed by atoms with Crippen molar-refractivity contribution in [3.05, 3.63) is 22.4 Å². The first-order valence-corrected chi connectivity index (χ1v) is 5.90. The molecule has 0 saturated carbocycles. The fourth-order valence-corrected chi connectivity index (χ4v) is 2.73. The van der Waals surface area contributed by atoms with E-state index in [9.17, 15) is 8.42 Å². The molecule has 1 heterocycles. The van der Waals surface area contributed by atoms with Crippen LogP contribution in [0.1, 0.15) is 5.69 Å². The summed E-state index contributed by atoms with van der Waals surface area (Å²) in [7, 11) is -3.30. The van der Waals surface area contributed by atoms with Crippen LogP contribution < -0.4 is 0 Å². The number of aromatic nitrogens is 1. The summed E-state index contributed by atoms with van der Waals surface area (Å²) < 4.78 is 22.5. The highest BCUT2D eigenvalue weighted by Gasteiger charge is 2.14. The van der Waals surface area contributed by atoms with E-state index in [0.29, 0.717) is 0 Å². The van der Waals surface area contributed by atoms with E-state index >= 15 is 0 Å². The van der Waals surface area contributed by atoms with Crippen LogP contribution in [0.3, 0.4) is 0 Å². The summed E-state index contributed by atoms with van der Waals surface area (Å²) >= 11 is 3.01. The third-order valence-corrected chi connectivity index (χ3v) is 3.56. The lowest BCUT2D eigenvalue weighted by Gasteiger charge is -2.01. The zero-order valence-electron chi connectivity index (χ0n) is 6.65. The van der Waals surface area contributed by atoms with Crippen molar-refractivity contribution in [2.24, 2.45) is 0 Å². The Morgan fingerprint density at radius 3 is 2.69 bits per heavy atom. The van der Waals surface area contributed by atoms with Gasteiger partial charge in [-0.2, -0.15) is 5.26 Å². The lowest BCUT2D eigenvalue weighted by molar-refractivity contribution is 0.601. The first-order valence-electron chi connectivity index (χ1n) is 3.21. The molecule has 0 unspecified atom stereocenters. The molecule has 0 atom stereocenters. The summed E-state index contributed by atoms with van der Waals surface area (Å²) in [6, 6.07) is 3.13. The Bertz CT molecular complexity index is 476. The van der Waals surface area contributed by atoms with Crippen LogP contribution >= 0.6 is 15.9 Å². The Balaban J connectivity index is 3.53. The van der Waals surface area contributed by atoms with Crippen LogP contribution in [-0.4, -0.2) is 19.7 Å². The van der Waals surface area contributed by atoms with E-state index in [1.165, 1.54) is 12.3 Å². The normalized spacial score (nSPS) is 10.8. The Hall–Kier alpha value is -0.930. The Labute approximate surface area is 84.3 Å². The Morgan fingerprint density at radius 1 is 1.62 bits per heavy atom. The molecule has 0 aromatic carbocycles. The molecule has 0 aliphatic carbocycles. The van der Waals surface area contributed by atoms with Crippen LogP contribution in [0.15, 0.2) is 21.6 Å². The van der Waals surface area contributed by atoms with E-state index < -0.39 is 9.84 Å². The van der Waals surface area contributed by atoms with Crippen LogP contribution in [0.25, 0.3) is 0 Å². The fraction of sp³-hybridized carbons (Fsp3) is 0.143. The molecule has 13 heavy (non-hydrogen) atoms. The topological polar surface area (TPSA) is 70.8 Å². The van der Waals surface area contributed by atoms with E-state index in [0.717, 1.165) is 6.26 Å². The largest absolute Gasteiger partial charge is 0.244 e. The minimum atomic E-state index is -3.30. The number of hydrogen-bond acceptors (Lipinski definition) is 4. The van der Waals surface area contributed by atoms with Crippen molar-refractivity contribution in [2.45, 2.75) is 4.90 Å². The zero-order chi connectivity index (χ0) is 10.1. The van der Waals surface area contributed by atoms with Gasteiger partial charge >= 0.3 is 0 Å². The van der Waals surface area contributed by atoms with Gasteiger partial charge in [-0.1, -0.05) is 0 Å². The van der Waals surface area contributed by atoms with Crippen molar-refractivity contribution >= 4 is 25.8 Å². The lowest BCUT2D eigenvalue weighted by atomic mass is 10.4. The third kappa shape index (κ3) is 2.05. The van der Waals surface area contributed by atoms with Crippen LogP contribution in [0, 0.1) is 11.3 Å². The maximum Gasteiger partial charge on any atom is 0.176 e. The number of nitrogens with zero attached hydrogens (tertiary/aromatic N) is 2. The van der Waals surface area contributed by atoms with Gasteiger partial charge in [0.2, 0.25) is 0 Å². The lowest BCUT2D eigenvalue weighted by Crippen LogP contribution is -2.00. The standard InChI is InChI=1S/C7H5BrN2O2S/c1-13(11,12)6-2-3-10-5(4-9)7(6)8/h2-3H,1H3. The van der Waals surface area contributed by atoms with Gasteiger partial charge in [0.15, 0.2) is 15.5 Å². The molecular weight excluding hydrogens is 256 g/mol. The van der Waals surface area contributed by atoms with Crippen molar-refractivity contribution in [3.8, 4) is 6.07 Å². The van der Waals surface area contributed by atoms with Crippen molar-refractivity contribution in [2.75, 3.05) is 6.26 Å². The van der Waals surface area contributed by atoms with Crippen molar-refractivity contribution in [3.63, 3.8) is 0 Å². The predicted molar refractivity (Wildman–Crippen MR) is 49.8 cm³/mol. The maximum absolute atomic E-state index is 11.2. The molecule has 0 aliphatic heterocycles. The van der Waals surface area contributed by atoms with Crippen LogP contribution in [-0.2, 0) is 9.84 Å². The van der Waals surface area contributed by atoms with Gasteiger partial charge in [-0.15, -0.1) is 0 Å². The Kier molecular flexibility index (Phi) is 2.68. The highest BCUT2D eigenvalue weighted by molar-refractivity contribution is 9.10. The second-order valence-electron chi connectivity index (χ2n) is 2.36. The van der Waals surface area contributed by atoms with E-state index in [1.54, 1.807) is 6.07 Å². The third-order valence-electron chi connectivity index (χ3n) is 1.36. The smallest absolute Gasteiger partial charge is 0.176 e. The SMILES string of the molecule is CS(=O)(=O)c1ccnc(C#N)c1Br. The van der Waals surface area contributed by atoms with Crippen molar-refractivity contribution < 1.29 is 8.42 Å². The molecule has 0 saturated heterocycles. The van der Waals surface area contributed by atoms with Crippen LogP contribution in [0.2, 0.25) is 0 Å². The monoisotopic (exact) mass is 260 g/mol. The fourth-order valence-electron chi connectivity index (χ4n) is 0.790. The highest BCUT2D eigenvalue weighted by Crippen LogP contribution is 2.23. The molecule has 0 N–H and O–H groups in total. The average molecular weight is 261 g/mol. The molecule has 0 amide bonds. The van der Waals surface area contributed by atoms with Gasteiger partial charge in [-0.3, -0.25) is 0 Å². The maximum atomic E-state index is 11.2. The van der Waals surface area contributed by atoms with Gasteiger partial charge in [0, 0.05) is 12.5 Å². The summed E-state index contributed by atoms with van der Waals surface area (Å²) in [5.74, 6) is 0.